The van der Waals surface area contributed by atoms with Gasteiger partial charge in [0.2, 0.25) is 5.75 Å². The smallest absolute Gasteiger partial charge is 0.315 e. The van der Waals surface area contributed by atoms with Gasteiger partial charge in [-0.15, -0.1) is 0 Å². The molecule has 8 nitrogen and oxygen atoms in total. The number of aromatic hydroxyl groups is 1. The number of nitriles is 1. The molecule has 0 aliphatic rings. The van der Waals surface area contributed by atoms with Gasteiger partial charge in [-0.1, -0.05) is 48.5 Å². The fraction of sp³-hybridized carbons (Fsp3) is 0.214. The molecule has 3 aromatic rings. The van der Waals surface area contributed by atoms with Crippen LogP contribution in [0, 0.1) is 28.4 Å². The maximum absolute atomic E-state index is 12.5. The molecular weight excluding hydrogens is 458 g/mol. The lowest BCUT2D eigenvalue weighted by Crippen LogP contribution is -2.31. The van der Waals surface area contributed by atoms with Crippen molar-refractivity contribution < 1.29 is 19.6 Å². The van der Waals surface area contributed by atoms with Crippen LogP contribution in [-0.4, -0.2) is 33.9 Å². The van der Waals surface area contributed by atoms with Crippen molar-refractivity contribution >= 4 is 17.7 Å². The van der Waals surface area contributed by atoms with Crippen molar-refractivity contribution in [2.24, 2.45) is 0 Å². The molecule has 3 rings (SSSR count). The first-order valence-electron chi connectivity index (χ1n) is 11.5. The van der Waals surface area contributed by atoms with Gasteiger partial charge in [-0.2, -0.15) is 5.26 Å². The van der Waals surface area contributed by atoms with Gasteiger partial charge in [0.15, 0.2) is 5.75 Å². The molecule has 36 heavy (non-hydrogen) atoms. The summed E-state index contributed by atoms with van der Waals surface area (Å²) in [6.07, 6.45) is 1.23. The van der Waals surface area contributed by atoms with Gasteiger partial charge >= 0.3 is 5.69 Å². The number of ether oxygens (including phenoxy) is 1. The third-order valence-electron chi connectivity index (χ3n) is 5.88. The number of hydrogen-bond acceptors (Lipinski definition) is 6. The molecule has 0 aliphatic carbocycles. The fourth-order valence-electron chi connectivity index (χ4n) is 3.90. The lowest BCUT2D eigenvalue weighted by Gasteiger charge is -2.17. The summed E-state index contributed by atoms with van der Waals surface area (Å²) in [6.45, 7) is 6.35. The van der Waals surface area contributed by atoms with E-state index in [4.69, 9.17) is 4.74 Å². The molecule has 0 unspecified atom stereocenters. The maximum atomic E-state index is 12.5. The summed E-state index contributed by atoms with van der Waals surface area (Å²) in [7, 11) is 0. The van der Waals surface area contributed by atoms with Crippen molar-refractivity contribution in [3.8, 4) is 28.7 Å². The molecule has 0 bridgehead atoms. The number of nitrogens with zero attached hydrogens (tertiary/aromatic N) is 3. The molecule has 0 heterocycles. The highest BCUT2D eigenvalue weighted by Gasteiger charge is 2.23. The van der Waals surface area contributed by atoms with Gasteiger partial charge in [-0.25, -0.2) is 0 Å². The molecule has 0 saturated heterocycles. The number of likely N-dealkylation sites (N-methyl/N-ethyl adjacent to an activating group) is 1. The molecule has 0 saturated carbocycles. The summed E-state index contributed by atoms with van der Waals surface area (Å²) in [5.41, 5.74) is 3.31. The Morgan fingerprint density at radius 3 is 2.44 bits per heavy atom. The minimum atomic E-state index is -0.669. The van der Waals surface area contributed by atoms with Crippen LogP contribution in [0.1, 0.15) is 30.5 Å². The third-order valence-corrected chi connectivity index (χ3v) is 5.88. The summed E-state index contributed by atoms with van der Waals surface area (Å²) in [5, 5.41) is 31.8. The Hall–Kier alpha value is -4.64. The summed E-state index contributed by atoms with van der Waals surface area (Å²) >= 11 is 0. The Bertz CT molecular complexity index is 1340. The van der Waals surface area contributed by atoms with Gasteiger partial charge in [-0.3, -0.25) is 14.9 Å². The summed E-state index contributed by atoms with van der Waals surface area (Å²) in [4.78, 5) is 25.1. The van der Waals surface area contributed by atoms with Crippen molar-refractivity contribution in [2.75, 3.05) is 13.1 Å². The second-order valence-electron chi connectivity index (χ2n) is 8.04. The van der Waals surface area contributed by atoms with Crippen molar-refractivity contribution in [2.45, 2.75) is 27.4 Å². The number of carbonyl (C=O) groups is 1. The number of phenols is 1. The molecule has 3 aromatic carbocycles. The third kappa shape index (κ3) is 5.70. The van der Waals surface area contributed by atoms with E-state index in [0.29, 0.717) is 13.1 Å². The highest BCUT2D eigenvalue weighted by Crippen LogP contribution is 2.39. The highest BCUT2D eigenvalue weighted by atomic mass is 16.6. The second-order valence-corrected chi connectivity index (χ2v) is 8.04. The van der Waals surface area contributed by atoms with Gasteiger partial charge < -0.3 is 14.7 Å². The van der Waals surface area contributed by atoms with Crippen molar-refractivity contribution in [1.29, 1.82) is 5.26 Å². The number of nitro benzene ring substituents is 1. The zero-order valence-electron chi connectivity index (χ0n) is 20.4. The first-order chi connectivity index (χ1) is 17.3. The van der Waals surface area contributed by atoms with Crippen LogP contribution in [0.25, 0.3) is 17.2 Å². The summed E-state index contributed by atoms with van der Waals surface area (Å²) in [5.74, 6) is -1.23. The molecule has 184 valence electrons. The molecule has 0 atom stereocenters. The lowest BCUT2D eigenvalue weighted by atomic mass is 9.97. The Kier molecular flexibility index (Phi) is 8.42. The molecule has 8 heteroatoms. The number of phenolic OH excluding ortho intramolecular Hbond substituents is 1. The minimum absolute atomic E-state index is 0.0000155. The summed E-state index contributed by atoms with van der Waals surface area (Å²) < 4.78 is 5.74. The summed E-state index contributed by atoms with van der Waals surface area (Å²) in [6, 6.07) is 19.8. The van der Waals surface area contributed by atoms with E-state index in [1.807, 2.05) is 61.5 Å². The van der Waals surface area contributed by atoms with Gasteiger partial charge in [0.25, 0.3) is 5.91 Å². The van der Waals surface area contributed by atoms with Crippen LogP contribution in [0.3, 0.4) is 0 Å². The molecule has 1 N–H and O–H groups in total. The predicted molar refractivity (Wildman–Crippen MR) is 137 cm³/mol. The number of carbonyl (C=O) groups excluding carboxylic acids is 1. The van der Waals surface area contributed by atoms with E-state index in [0.717, 1.165) is 22.3 Å². The van der Waals surface area contributed by atoms with Gasteiger partial charge in [0, 0.05) is 19.2 Å². The zero-order chi connectivity index (χ0) is 26.2. The van der Waals surface area contributed by atoms with Crippen LogP contribution < -0.4 is 4.74 Å². The van der Waals surface area contributed by atoms with E-state index >= 15 is 0 Å². The van der Waals surface area contributed by atoms with Crippen LogP contribution in [0.2, 0.25) is 0 Å². The monoisotopic (exact) mass is 485 g/mol. The largest absolute Gasteiger partial charge is 0.504 e. The first kappa shape index (κ1) is 26.0. The van der Waals surface area contributed by atoms with E-state index in [1.54, 1.807) is 13.8 Å². The van der Waals surface area contributed by atoms with Gasteiger partial charge in [-0.05, 0) is 60.7 Å². The van der Waals surface area contributed by atoms with E-state index in [2.05, 4.69) is 0 Å². The van der Waals surface area contributed by atoms with Crippen LogP contribution in [-0.2, 0) is 11.4 Å². The molecule has 0 spiro atoms. The second kappa shape index (κ2) is 11.7. The molecule has 0 aromatic heterocycles. The fourth-order valence-corrected chi connectivity index (χ4v) is 3.90. The van der Waals surface area contributed by atoms with Crippen molar-refractivity contribution in [1.82, 2.24) is 4.90 Å². The number of rotatable bonds is 9. The van der Waals surface area contributed by atoms with Crippen LogP contribution in [0.15, 0.2) is 66.2 Å². The van der Waals surface area contributed by atoms with Crippen LogP contribution in [0.4, 0.5) is 5.69 Å². The molecule has 0 aliphatic heterocycles. The van der Waals surface area contributed by atoms with Gasteiger partial charge in [0.05, 0.1) is 4.92 Å². The Balaban J connectivity index is 1.93. The Labute approximate surface area is 209 Å². The SMILES string of the molecule is CCN(CC)C(=O)C(C#N)=Cc1cc(O)c(OCc2cccc(-c3ccccc3)c2C)c([N+](=O)[O-])c1. The molecular formula is C28H27N3O5. The van der Waals surface area contributed by atoms with E-state index in [1.165, 1.54) is 23.1 Å². The highest BCUT2D eigenvalue weighted by molar-refractivity contribution is 6.01. The van der Waals surface area contributed by atoms with Crippen molar-refractivity contribution in [3.63, 3.8) is 0 Å². The number of hydrogen-bond donors (Lipinski definition) is 1. The Morgan fingerprint density at radius 2 is 1.83 bits per heavy atom. The van der Waals surface area contributed by atoms with Gasteiger partial charge in [0.1, 0.15) is 18.2 Å². The van der Waals surface area contributed by atoms with E-state index < -0.39 is 22.3 Å². The van der Waals surface area contributed by atoms with E-state index in [9.17, 15) is 25.3 Å². The quantitative estimate of drug-likeness (QED) is 0.182. The number of amides is 1. The first-order valence-corrected chi connectivity index (χ1v) is 11.5. The number of nitro groups is 1. The van der Waals surface area contributed by atoms with Crippen LogP contribution >= 0.6 is 0 Å². The molecule has 0 radical (unpaired) electrons. The number of benzene rings is 3. The normalized spacial score (nSPS) is 11.0. The molecule has 0 fully saturated rings. The van der Waals surface area contributed by atoms with E-state index in [-0.39, 0.29) is 23.5 Å². The predicted octanol–water partition coefficient (Wildman–Crippen LogP) is 5.63. The lowest BCUT2D eigenvalue weighted by molar-refractivity contribution is -0.386. The average molecular weight is 486 g/mol. The van der Waals surface area contributed by atoms with Crippen LogP contribution in [0.5, 0.6) is 11.5 Å². The molecule has 1 amide bonds. The minimum Gasteiger partial charge on any atom is -0.504 e. The maximum Gasteiger partial charge on any atom is 0.315 e. The Morgan fingerprint density at radius 1 is 1.14 bits per heavy atom. The zero-order valence-corrected chi connectivity index (χ0v) is 20.4. The topological polar surface area (TPSA) is 117 Å². The average Bonchev–Trinajstić information content (AvgIpc) is 2.88. The standard InChI is InChI=1S/C28H27N3O5/c1-4-30(5-2)28(33)23(17-29)14-20-15-25(31(34)35)27(26(32)16-20)36-18-22-12-9-13-24(19(22)3)21-10-7-6-8-11-21/h6-16,32H,4-5,18H2,1-3H3. The van der Waals surface area contributed by atoms with Crippen molar-refractivity contribution in [3.05, 3.63) is 93.0 Å².